The van der Waals surface area contributed by atoms with Crippen LogP contribution >= 0.6 is 15.9 Å². The van der Waals surface area contributed by atoms with Crippen molar-refractivity contribution in [3.63, 3.8) is 0 Å². The molecule has 1 heterocycles. The van der Waals surface area contributed by atoms with Crippen LogP contribution in [0.3, 0.4) is 0 Å². The predicted octanol–water partition coefficient (Wildman–Crippen LogP) is 3.90. The van der Waals surface area contributed by atoms with E-state index in [1.54, 1.807) is 30.3 Å². The van der Waals surface area contributed by atoms with E-state index in [-0.39, 0.29) is 17.1 Å². The smallest absolute Gasteiger partial charge is 0.348 e. The average molecular weight is 461 g/mol. The van der Waals surface area contributed by atoms with Crippen molar-refractivity contribution in [3.8, 4) is 11.5 Å². The molecule has 1 aliphatic rings. The third kappa shape index (κ3) is 4.65. The first-order valence-corrected chi connectivity index (χ1v) is 9.32. The number of carbonyl (C=O) groups excluding carboxylic acids is 3. The van der Waals surface area contributed by atoms with E-state index in [0.29, 0.717) is 15.6 Å². The number of benzene rings is 2. The molecule has 0 aliphatic carbocycles. The zero-order valence-corrected chi connectivity index (χ0v) is 17.4. The molecular formula is C21H17BrO7. The van der Waals surface area contributed by atoms with Crippen LogP contribution in [0.25, 0.3) is 6.08 Å². The summed E-state index contributed by atoms with van der Waals surface area (Å²) in [7, 11) is 1.41. The largest absolute Gasteiger partial charge is 0.493 e. The van der Waals surface area contributed by atoms with Gasteiger partial charge in [0.05, 0.1) is 12.7 Å². The number of hydrogen-bond acceptors (Lipinski definition) is 7. The van der Waals surface area contributed by atoms with Gasteiger partial charge in [0.2, 0.25) is 0 Å². The van der Waals surface area contributed by atoms with Crippen LogP contribution < -0.4 is 9.47 Å². The van der Waals surface area contributed by atoms with Gasteiger partial charge in [-0.15, -0.1) is 0 Å². The lowest BCUT2D eigenvalue weighted by Crippen LogP contribution is -2.41. The predicted molar refractivity (Wildman–Crippen MR) is 106 cm³/mol. The summed E-state index contributed by atoms with van der Waals surface area (Å²) in [4.78, 5) is 36.6. The molecule has 2 aromatic carbocycles. The lowest BCUT2D eigenvalue weighted by atomic mass is 10.1. The first kappa shape index (κ1) is 20.6. The Bertz CT molecular complexity index is 987. The van der Waals surface area contributed by atoms with Gasteiger partial charge in [-0.1, -0.05) is 34.1 Å². The number of ether oxygens (including phenoxy) is 4. The van der Waals surface area contributed by atoms with Crippen LogP contribution in [0.2, 0.25) is 0 Å². The lowest BCUT2D eigenvalue weighted by molar-refractivity contribution is -0.222. The van der Waals surface area contributed by atoms with E-state index in [2.05, 4.69) is 15.9 Å². The Morgan fingerprint density at radius 3 is 2.24 bits per heavy atom. The van der Waals surface area contributed by atoms with Crippen LogP contribution in [0.5, 0.6) is 11.5 Å². The molecule has 29 heavy (non-hydrogen) atoms. The van der Waals surface area contributed by atoms with Gasteiger partial charge in [0, 0.05) is 18.3 Å². The van der Waals surface area contributed by atoms with Gasteiger partial charge in [-0.25, -0.2) is 14.4 Å². The number of cyclic esters (lactones) is 2. The molecule has 0 radical (unpaired) electrons. The van der Waals surface area contributed by atoms with E-state index < -0.39 is 23.7 Å². The van der Waals surface area contributed by atoms with Crippen LogP contribution in [-0.2, 0) is 19.1 Å². The van der Waals surface area contributed by atoms with Crippen LogP contribution in [0.4, 0.5) is 0 Å². The lowest BCUT2D eigenvalue weighted by Gasteiger charge is -2.29. The van der Waals surface area contributed by atoms with Crippen LogP contribution in [0.1, 0.15) is 29.8 Å². The maximum absolute atomic E-state index is 12.3. The molecule has 0 atom stereocenters. The number of hydrogen-bond donors (Lipinski definition) is 0. The first-order chi connectivity index (χ1) is 13.7. The standard InChI is InChI=1S/C21H17BrO7/c1-21(2)28-19(24)14(20(25)29-21)9-13-10-16(26-3)17(11-15(13)22)27-18(23)12-7-5-4-6-8-12/h4-11H,1-3H3. The number of esters is 3. The van der Waals surface area contributed by atoms with Crippen molar-refractivity contribution in [2.45, 2.75) is 19.6 Å². The number of carbonyl (C=O) groups is 3. The fraction of sp³-hybridized carbons (Fsp3) is 0.190. The molecule has 8 heteroatoms. The summed E-state index contributed by atoms with van der Waals surface area (Å²) in [6.07, 6.45) is 1.31. The number of methoxy groups -OCH3 is 1. The maximum Gasteiger partial charge on any atom is 0.348 e. The minimum absolute atomic E-state index is 0.172. The number of rotatable bonds is 4. The summed E-state index contributed by atoms with van der Waals surface area (Å²) < 4.78 is 21.3. The van der Waals surface area contributed by atoms with Crippen molar-refractivity contribution in [2.75, 3.05) is 7.11 Å². The minimum atomic E-state index is -1.32. The Morgan fingerprint density at radius 2 is 1.66 bits per heavy atom. The highest BCUT2D eigenvalue weighted by atomic mass is 79.9. The summed E-state index contributed by atoms with van der Waals surface area (Å²) in [5.41, 5.74) is 0.554. The quantitative estimate of drug-likeness (QED) is 0.295. The van der Waals surface area contributed by atoms with Crippen LogP contribution in [-0.4, -0.2) is 30.8 Å². The molecule has 0 unspecified atom stereocenters. The Balaban J connectivity index is 1.92. The van der Waals surface area contributed by atoms with Crippen molar-refractivity contribution in [3.05, 3.63) is 63.6 Å². The van der Waals surface area contributed by atoms with Gasteiger partial charge in [0.25, 0.3) is 5.79 Å². The third-order valence-corrected chi connectivity index (χ3v) is 4.60. The normalized spacial score (nSPS) is 15.2. The molecule has 0 amide bonds. The Hall–Kier alpha value is -3.13. The van der Waals surface area contributed by atoms with E-state index in [1.807, 2.05) is 0 Å². The molecule has 1 aliphatic heterocycles. The Labute approximate surface area is 175 Å². The summed E-state index contributed by atoms with van der Waals surface area (Å²) in [5.74, 6) is -3.06. The summed E-state index contributed by atoms with van der Waals surface area (Å²) in [6.45, 7) is 2.93. The van der Waals surface area contributed by atoms with Crippen LogP contribution in [0.15, 0.2) is 52.5 Å². The van der Waals surface area contributed by atoms with Crippen molar-refractivity contribution < 1.29 is 33.3 Å². The summed E-state index contributed by atoms with van der Waals surface area (Å²) >= 11 is 3.35. The second-order valence-electron chi connectivity index (χ2n) is 6.52. The Kier molecular flexibility index (Phi) is 5.74. The maximum atomic E-state index is 12.3. The molecular weight excluding hydrogens is 444 g/mol. The van der Waals surface area contributed by atoms with E-state index in [0.717, 1.165) is 0 Å². The van der Waals surface area contributed by atoms with Crippen molar-refractivity contribution in [2.24, 2.45) is 0 Å². The molecule has 0 spiro atoms. The molecule has 0 saturated carbocycles. The topological polar surface area (TPSA) is 88.1 Å². The van der Waals surface area contributed by atoms with Gasteiger partial charge in [-0.05, 0) is 35.9 Å². The monoisotopic (exact) mass is 460 g/mol. The van der Waals surface area contributed by atoms with Crippen LogP contribution in [0, 0.1) is 0 Å². The SMILES string of the molecule is COc1cc(C=C2C(=O)OC(C)(C)OC2=O)c(Br)cc1OC(=O)c1ccccc1. The van der Waals surface area contributed by atoms with Crippen molar-refractivity contribution in [1.82, 2.24) is 0 Å². The molecule has 1 saturated heterocycles. The summed E-state index contributed by atoms with van der Waals surface area (Å²) in [6, 6.07) is 11.5. The van der Waals surface area contributed by atoms with E-state index >= 15 is 0 Å². The van der Waals surface area contributed by atoms with Gasteiger partial charge in [0.1, 0.15) is 5.57 Å². The van der Waals surface area contributed by atoms with Gasteiger partial charge in [-0.2, -0.15) is 0 Å². The van der Waals surface area contributed by atoms with Gasteiger partial charge in [-0.3, -0.25) is 0 Å². The van der Waals surface area contributed by atoms with Gasteiger partial charge < -0.3 is 18.9 Å². The fourth-order valence-electron chi connectivity index (χ4n) is 2.57. The second kappa shape index (κ2) is 8.08. The minimum Gasteiger partial charge on any atom is -0.493 e. The molecule has 150 valence electrons. The molecule has 7 nitrogen and oxygen atoms in total. The zero-order valence-electron chi connectivity index (χ0n) is 15.9. The number of halogens is 1. The molecule has 0 N–H and O–H groups in total. The highest BCUT2D eigenvalue weighted by Gasteiger charge is 2.39. The molecule has 1 fully saturated rings. The molecule has 3 rings (SSSR count). The third-order valence-electron chi connectivity index (χ3n) is 3.91. The zero-order chi connectivity index (χ0) is 21.2. The van der Waals surface area contributed by atoms with E-state index in [4.69, 9.17) is 18.9 Å². The second-order valence-corrected chi connectivity index (χ2v) is 7.37. The van der Waals surface area contributed by atoms with E-state index in [9.17, 15) is 14.4 Å². The molecule has 0 aromatic heterocycles. The van der Waals surface area contributed by atoms with Gasteiger partial charge >= 0.3 is 17.9 Å². The van der Waals surface area contributed by atoms with Crippen molar-refractivity contribution >= 4 is 39.9 Å². The average Bonchev–Trinajstić information content (AvgIpc) is 2.66. The highest BCUT2D eigenvalue weighted by molar-refractivity contribution is 9.10. The molecule has 0 bridgehead atoms. The summed E-state index contributed by atoms with van der Waals surface area (Å²) in [5, 5.41) is 0. The molecule has 2 aromatic rings. The van der Waals surface area contributed by atoms with Gasteiger partial charge in [0.15, 0.2) is 11.5 Å². The fourth-order valence-corrected chi connectivity index (χ4v) is 3.00. The first-order valence-electron chi connectivity index (χ1n) is 8.53. The van der Waals surface area contributed by atoms with Crippen molar-refractivity contribution in [1.29, 1.82) is 0 Å². The Morgan fingerprint density at radius 1 is 1.03 bits per heavy atom. The van der Waals surface area contributed by atoms with E-state index in [1.165, 1.54) is 39.2 Å². The highest BCUT2D eigenvalue weighted by Crippen LogP contribution is 2.36.